The average molecular weight is 575 g/mol. The highest BCUT2D eigenvalue weighted by atomic mass is 35.5. The molecule has 9 heteroatoms. The van der Waals surface area contributed by atoms with Gasteiger partial charge in [-0.3, -0.25) is 14.7 Å². The van der Waals surface area contributed by atoms with Crippen LogP contribution >= 0.6 is 23.4 Å². The molecular weight excluding hydrogens is 536 g/mol. The Bertz CT molecular complexity index is 1210. The van der Waals surface area contributed by atoms with E-state index in [1.165, 1.54) is 11.8 Å². The zero-order chi connectivity index (χ0) is 28.1. The van der Waals surface area contributed by atoms with Gasteiger partial charge >= 0.3 is 0 Å². The van der Waals surface area contributed by atoms with Crippen LogP contribution in [-0.2, 0) is 9.22 Å². The van der Waals surface area contributed by atoms with E-state index in [1.807, 2.05) is 43.3 Å². The first-order valence-electron chi connectivity index (χ1n) is 12.9. The number of halogens is 1. The SMILES string of the molecule is CCC/N=C1\S/C(=C\c2ccc(OC[C@H](O)CO[Si](C)(C)C(C)(C)C)c(Cl)c2)C(=O)N1c1ccccc1C. The molecule has 0 bridgehead atoms. The molecule has 38 heavy (non-hydrogen) atoms. The lowest BCUT2D eigenvalue weighted by molar-refractivity contribution is -0.113. The second kappa shape index (κ2) is 12.8. The first-order valence-corrected chi connectivity index (χ1v) is 17.0. The molecule has 1 N–H and O–H groups in total. The van der Waals surface area contributed by atoms with Crippen molar-refractivity contribution in [2.75, 3.05) is 24.7 Å². The van der Waals surface area contributed by atoms with Gasteiger partial charge in [-0.15, -0.1) is 0 Å². The first-order chi connectivity index (χ1) is 17.8. The molecule has 1 aliphatic heterocycles. The number of thioether (sulfide) groups is 1. The average Bonchev–Trinajstić information content (AvgIpc) is 3.15. The molecule has 0 spiro atoms. The summed E-state index contributed by atoms with van der Waals surface area (Å²) >= 11 is 7.87. The van der Waals surface area contributed by atoms with Crippen molar-refractivity contribution in [1.82, 2.24) is 0 Å². The van der Waals surface area contributed by atoms with Crippen molar-refractivity contribution in [3.8, 4) is 5.75 Å². The number of carbonyl (C=O) groups is 1. The number of hydrogen-bond donors (Lipinski definition) is 1. The second-order valence-electron chi connectivity index (χ2n) is 10.9. The van der Waals surface area contributed by atoms with Gasteiger partial charge in [0.2, 0.25) is 0 Å². The van der Waals surface area contributed by atoms with Crippen LogP contribution in [0.3, 0.4) is 0 Å². The number of benzene rings is 2. The molecule has 1 atom stereocenters. The van der Waals surface area contributed by atoms with Gasteiger partial charge in [0.15, 0.2) is 13.5 Å². The number of para-hydroxylation sites is 1. The molecule has 1 heterocycles. The Kier molecular flexibility index (Phi) is 10.3. The first kappa shape index (κ1) is 30.4. The molecule has 0 aliphatic carbocycles. The smallest absolute Gasteiger partial charge is 0.271 e. The van der Waals surface area contributed by atoms with Crippen LogP contribution in [0.25, 0.3) is 6.08 Å². The van der Waals surface area contributed by atoms with E-state index in [0.717, 1.165) is 23.2 Å². The highest BCUT2D eigenvalue weighted by molar-refractivity contribution is 8.19. The minimum Gasteiger partial charge on any atom is -0.489 e. The van der Waals surface area contributed by atoms with Crippen LogP contribution in [0.5, 0.6) is 5.75 Å². The maximum atomic E-state index is 13.4. The summed E-state index contributed by atoms with van der Waals surface area (Å²) in [5.74, 6) is 0.359. The number of aliphatic imine (C=N–C) groups is 1. The van der Waals surface area contributed by atoms with Crippen LogP contribution in [0.15, 0.2) is 52.4 Å². The van der Waals surface area contributed by atoms with Crippen molar-refractivity contribution in [3.05, 3.63) is 63.5 Å². The van der Waals surface area contributed by atoms with Crippen LogP contribution in [0.2, 0.25) is 23.2 Å². The van der Waals surface area contributed by atoms with E-state index in [9.17, 15) is 9.90 Å². The van der Waals surface area contributed by atoms with Crippen LogP contribution in [-0.4, -0.2) is 50.4 Å². The van der Waals surface area contributed by atoms with E-state index in [4.69, 9.17) is 20.8 Å². The van der Waals surface area contributed by atoms with Gasteiger partial charge < -0.3 is 14.3 Å². The van der Waals surface area contributed by atoms with Crippen LogP contribution in [0.1, 0.15) is 45.2 Å². The highest BCUT2D eigenvalue weighted by Crippen LogP contribution is 2.38. The largest absolute Gasteiger partial charge is 0.489 e. The molecule has 1 saturated heterocycles. The van der Waals surface area contributed by atoms with Gasteiger partial charge in [0.05, 0.1) is 22.2 Å². The van der Waals surface area contributed by atoms with Gasteiger partial charge in [0.25, 0.3) is 5.91 Å². The molecule has 0 unspecified atom stereocenters. The predicted octanol–water partition coefficient (Wildman–Crippen LogP) is 7.30. The van der Waals surface area contributed by atoms with Gasteiger partial charge in [-0.1, -0.05) is 63.6 Å². The third-order valence-electron chi connectivity index (χ3n) is 6.76. The topological polar surface area (TPSA) is 71.4 Å². The number of hydrogen-bond acceptors (Lipinski definition) is 6. The summed E-state index contributed by atoms with van der Waals surface area (Å²) in [5.41, 5.74) is 2.62. The summed E-state index contributed by atoms with van der Waals surface area (Å²) in [6, 6.07) is 13.2. The van der Waals surface area contributed by atoms with E-state index < -0.39 is 14.4 Å². The molecule has 0 radical (unpaired) electrons. The Morgan fingerprint density at radius 3 is 2.53 bits per heavy atom. The molecule has 0 aromatic heterocycles. The summed E-state index contributed by atoms with van der Waals surface area (Å²) < 4.78 is 11.9. The third-order valence-corrected chi connectivity index (χ3v) is 12.6. The molecule has 1 fully saturated rings. The second-order valence-corrected chi connectivity index (χ2v) is 17.2. The number of aliphatic hydroxyl groups is 1. The number of carbonyl (C=O) groups excluding carboxylic acids is 1. The standard InChI is InChI=1S/C29H39ClN2O4SSi/c1-8-15-31-28-32(24-12-10-9-11-20(24)2)27(34)26(37-28)17-21-13-14-25(23(30)16-21)35-18-22(33)19-36-38(6,7)29(3,4)5/h9-14,16-17,22,33H,8,15,18-19H2,1-7H3/b26-17-,31-28-/t22-/m0/s1. The fourth-order valence-electron chi connectivity index (χ4n) is 3.44. The summed E-state index contributed by atoms with van der Waals surface area (Å²) in [6.07, 6.45) is 1.96. The Labute approximate surface area is 237 Å². The van der Waals surface area contributed by atoms with Crippen molar-refractivity contribution >= 4 is 54.5 Å². The van der Waals surface area contributed by atoms with Gasteiger partial charge in [-0.25, -0.2) is 0 Å². The highest BCUT2D eigenvalue weighted by Gasteiger charge is 2.37. The van der Waals surface area contributed by atoms with Crippen LogP contribution in [0, 0.1) is 6.92 Å². The Balaban J connectivity index is 1.71. The van der Waals surface area contributed by atoms with Gasteiger partial charge in [-0.2, -0.15) is 0 Å². The van der Waals surface area contributed by atoms with E-state index in [0.29, 0.717) is 27.4 Å². The monoisotopic (exact) mass is 574 g/mol. The molecule has 3 rings (SSSR count). The van der Waals surface area contributed by atoms with Crippen molar-refractivity contribution in [2.45, 2.75) is 65.3 Å². The lowest BCUT2D eigenvalue weighted by Crippen LogP contribution is -2.43. The van der Waals surface area contributed by atoms with Crippen LogP contribution in [0.4, 0.5) is 5.69 Å². The molecule has 2 aromatic carbocycles. The Morgan fingerprint density at radius 2 is 1.89 bits per heavy atom. The van der Waals surface area contributed by atoms with Gasteiger partial charge in [0.1, 0.15) is 18.5 Å². The fourth-order valence-corrected chi connectivity index (χ4v) is 5.73. The van der Waals surface area contributed by atoms with Crippen molar-refractivity contribution in [1.29, 1.82) is 0 Å². The molecule has 2 aromatic rings. The lowest BCUT2D eigenvalue weighted by Gasteiger charge is -2.36. The number of aryl methyl sites for hydroxylation is 1. The van der Waals surface area contributed by atoms with Gasteiger partial charge in [0, 0.05) is 6.54 Å². The van der Waals surface area contributed by atoms with Crippen LogP contribution < -0.4 is 9.64 Å². The number of rotatable bonds is 10. The molecule has 206 valence electrons. The third kappa shape index (κ3) is 7.51. The summed E-state index contributed by atoms with van der Waals surface area (Å²) in [6.45, 7) is 15.8. The number of amidine groups is 1. The molecule has 6 nitrogen and oxygen atoms in total. The molecular formula is C29H39ClN2O4SSi. The maximum absolute atomic E-state index is 13.4. The van der Waals surface area contributed by atoms with E-state index in [-0.39, 0.29) is 24.2 Å². The quantitative estimate of drug-likeness (QED) is 0.238. The lowest BCUT2D eigenvalue weighted by atomic mass is 10.1. The van der Waals surface area contributed by atoms with Gasteiger partial charge in [-0.05, 0) is 78.6 Å². The van der Waals surface area contributed by atoms with E-state index in [1.54, 1.807) is 17.0 Å². The van der Waals surface area contributed by atoms with Crippen molar-refractivity contribution < 1.29 is 19.1 Å². The molecule has 0 saturated carbocycles. The minimum atomic E-state index is -1.95. The zero-order valence-corrected chi connectivity index (χ0v) is 25.9. The van der Waals surface area contributed by atoms with E-state index in [2.05, 4.69) is 45.8 Å². The molecule has 1 aliphatic rings. The van der Waals surface area contributed by atoms with Crippen molar-refractivity contribution in [3.63, 3.8) is 0 Å². The number of aliphatic hydroxyl groups excluding tert-OH is 1. The summed E-state index contributed by atoms with van der Waals surface area (Å²) in [7, 11) is -1.95. The Morgan fingerprint density at radius 1 is 1.18 bits per heavy atom. The number of amides is 1. The Hall–Kier alpha value is -2.10. The molecule has 1 amide bonds. The van der Waals surface area contributed by atoms with E-state index >= 15 is 0 Å². The van der Waals surface area contributed by atoms with Crippen molar-refractivity contribution in [2.24, 2.45) is 4.99 Å². The summed E-state index contributed by atoms with van der Waals surface area (Å²) in [4.78, 5) is 20.3. The predicted molar refractivity (Wildman–Crippen MR) is 163 cm³/mol. The zero-order valence-electron chi connectivity index (χ0n) is 23.4. The minimum absolute atomic E-state index is 0.0692. The number of ether oxygens (including phenoxy) is 1. The fraction of sp³-hybridized carbons (Fsp3) is 0.448. The summed E-state index contributed by atoms with van der Waals surface area (Å²) in [5, 5.41) is 11.5. The number of nitrogens with zero attached hydrogens (tertiary/aromatic N) is 2. The normalized spacial score (nSPS) is 17.5. The number of anilines is 1. The maximum Gasteiger partial charge on any atom is 0.271 e.